The largest absolute Gasteiger partial charge is 0.372 e. The summed E-state index contributed by atoms with van der Waals surface area (Å²) in [5.41, 5.74) is 3.32. The molecule has 4 heterocycles. The molecule has 0 aromatic carbocycles. The standard InChI is InChI=1S/C21H27N3O2/c1-17-4-2-6-19(23-17)15-25-20-12-21(26-16-20)7-10-24(11-8-21)14-18-5-3-9-22-13-18/h2-6,9,13,20H,7-8,10-12,14-16H2,1H3/t20-/m1/s1. The number of pyridine rings is 2. The van der Waals surface area contributed by atoms with Crippen LogP contribution in [0.25, 0.3) is 0 Å². The highest BCUT2D eigenvalue weighted by molar-refractivity contribution is 5.10. The molecule has 2 saturated heterocycles. The van der Waals surface area contributed by atoms with Crippen molar-refractivity contribution in [1.82, 2.24) is 14.9 Å². The zero-order valence-corrected chi connectivity index (χ0v) is 15.4. The third-order valence-electron chi connectivity index (χ3n) is 5.48. The highest BCUT2D eigenvalue weighted by Gasteiger charge is 2.43. The van der Waals surface area contributed by atoms with Gasteiger partial charge in [0, 0.05) is 44.1 Å². The van der Waals surface area contributed by atoms with E-state index in [0.29, 0.717) is 13.2 Å². The highest BCUT2D eigenvalue weighted by Crippen LogP contribution is 2.37. The lowest BCUT2D eigenvalue weighted by Crippen LogP contribution is -2.43. The molecule has 1 spiro atoms. The van der Waals surface area contributed by atoms with E-state index in [-0.39, 0.29) is 11.7 Å². The Balaban J connectivity index is 1.25. The second-order valence-corrected chi connectivity index (χ2v) is 7.54. The van der Waals surface area contributed by atoms with Crippen LogP contribution in [0.5, 0.6) is 0 Å². The van der Waals surface area contributed by atoms with Crippen LogP contribution in [-0.4, -0.2) is 46.3 Å². The molecule has 2 fully saturated rings. The van der Waals surface area contributed by atoms with Crippen LogP contribution in [0, 0.1) is 6.92 Å². The van der Waals surface area contributed by atoms with Gasteiger partial charge in [0.2, 0.25) is 0 Å². The van der Waals surface area contributed by atoms with Crippen LogP contribution in [0.15, 0.2) is 42.7 Å². The molecular weight excluding hydrogens is 326 g/mol. The van der Waals surface area contributed by atoms with Crippen LogP contribution < -0.4 is 0 Å². The van der Waals surface area contributed by atoms with Crippen molar-refractivity contribution in [2.24, 2.45) is 0 Å². The number of aryl methyl sites for hydroxylation is 1. The minimum Gasteiger partial charge on any atom is -0.372 e. The Morgan fingerprint density at radius 3 is 2.88 bits per heavy atom. The van der Waals surface area contributed by atoms with Crippen molar-refractivity contribution in [2.45, 2.75) is 51.0 Å². The molecule has 0 unspecified atom stereocenters. The van der Waals surface area contributed by atoms with Crippen molar-refractivity contribution < 1.29 is 9.47 Å². The minimum atomic E-state index is 0.0101. The topological polar surface area (TPSA) is 47.5 Å². The van der Waals surface area contributed by atoms with E-state index in [2.05, 4.69) is 20.9 Å². The van der Waals surface area contributed by atoms with E-state index in [0.717, 1.165) is 50.3 Å². The molecule has 2 aromatic heterocycles. The van der Waals surface area contributed by atoms with Crippen molar-refractivity contribution >= 4 is 0 Å². The summed E-state index contributed by atoms with van der Waals surface area (Å²) in [7, 11) is 0. The molecular formula is C21H27N3O2. The van der Waals surface area contributed by atoms with Gasteiger partial charge < -0.3 is 9.47 Å². The fourth-order valence-corrected chi connectivity index (χ4v) is 4.01. The molecule has 0 N–H and O–H groups in total. The summed E-state index contributed by atoms with van der Waals surface area (Å²) in [6, 6.07) is 10.2. The predicted octanol–water partition coefficient (Wildman–Crippen LogP) is 3.13. The molecule has 0 radical (unpaired) electrons. The molecule has 5 heteroatoms. The number of ether oxygens (including phenoxy) is 2. The molecule has 2 aliphatic rings. The summed E-state index contributed by atoms with van der Waals surface area (Å²) >= 11 is 0. The molecule has 4 rings (SSSR count). The number of aromatic nitrogens is 2. The minimum absolute atomic E-state index is 0.0101. The SMILES string of the molecule is Cc1cccc(CO[C@H]2COC3(CCN(Cc4cccnc4)CC3)C2)n1. The van der Waals surface area contributed by atoms with E-state index < -0.39 is 0 Å². The van der Waals surface area contributed by atoms with E-state index >= 15 is 0 Å². The van der Waals surface area contributed by atoms with E-state index in [1.807, 2.05) is 43.6 Å². The van der Waals surface area contributed by atoms with E-state index in [1.165, 1.54) is 5.56 Å². The van der Waals surface area contributed by atoms with Gasteiger partial charge >= 0.3 is 0 Å². The summed E-state index contributed by atoms with van der Waals surface area (Å²) in [4.78, 5) is 11.2. The summed E-state index contributed by atoms with van der Waals surface area (Å²) in [5, 5.41) is 0. The molecule has 138 valence electrons. The molecule has 0 bridgehead atoms. The molecule has 0 aliphatic carbocycles. The Bertz CT molecular complexity index is 714. The average Bonchev–Trinajstić information content (AvgIpc) is 3.06. The van der Waals surface area contributed by atoms with Crippen molar-refractivity contribution in [1.29, 1.82) is 0 Å². The van der Waals surface area contributed by atoms with Crippen LogP contribution in [0.4, 0.5) is 0 Å². The number of rotatable bonds is 5. The van der Waals surface area contributed by atoms with Crippen molar-refractivity contribution in [3.05, 3.63) is 59.7 Å². The van der Waals surface area contributed by atoms with Crippen LogP contribution in [0.2, 0.25) is 0 Å². The summed E-state index contributed by atoms with van der Waals surface area (Å²) in [6.45, 7) is 6.40. The molecule has 26 heavy (non-hydrogen) atoms. The second kappa shape index (κ2) is 7.82. The van der Waals surface area contributed by atoms with E-state index in [1.54, 1.807) is 0 Å². The second-order valence-electron chi connectivity index (χ2n) is 7.54. The van der Waals surface area contributed by atoms with Crippen molar-refractivity contribution in [3.8, 4) is 0 Å². The van der Waals surface area contributed by atoms with Gasteiger partial charge in [0.05, 0.1) is 30.6 Å². The Labute approximate surface area is 155 Å². The summed E-state index contributed by atoms with van der Waals surface area (Å²) in [6.07, 6.45) is 7.13. The van der Waals surface area contributed by atoms with Gasteiger partial charge in [0.15, 0.2) is 0 Å². The van der Waals surface area contributed by atoms with Gasteiger partial charge in [-0.2, -0.15) is 0 Å². The highest BCUT2D eigenvalue weighted by atomic mass is 16.6. The number of likely N-dealkylation sites (tertiary alicyclic amines) is 1. The molecule has 0 saturated carbocycles. The lowest BCUT2D eigenvalue weighted by atomic mass is 9.88. The van der Waals surface area contributed by atoms with Crippen LogP contribution >= 0.6 is 0 Å². The van der Waals surface area contributed by atoms with Gasteiger partial charge in [-0.15, -0.1) is 0 Å². The van der Waals surface area contributed by atoms with Crippen molar-refractivity contribution in [2.75, 3.05) is 19.7 Å². The van der Waals surface area contributed by atoms with E-state index in [4.69, 9.17) is 9.47 Å². The molecule has 5 nitrogen and oxygen atoms in total. The number of hydrogen-bond acceptors (Lipinski definition) is 5. The van der Waals surface area contributed by atoms with Gasteiger partial charge in [0.25, 0.3) is 0 Å². The van der Waals surface area contributed by atoms with Gasteiger partial charge in [-0.1, -0.05) is 12.1 Å². The third kappa shape index (κ3) is 4.29. The van der Waals surface area contributed by atoms with Gasteiger partial charge in [-0.05, 0) is 43.5 Å². The van der Waals surface area contributed by atoms with Gasteiger partial charge in [-0.25, -0.2) is 0 Å². The molecule has 2 aromatic rings. The molecule has 0 amide bonds. The third-order valence-corrected chi connectivity index (χ3v) is 5.48. The zero-order chi connectivity index (χ0) is 17.8. The first-order chi connectivity index (χ1) is 12.7. The predicted molar refractivity (Wildman–Crippen MR) is 99.6 cm³/mol. The summed E-state index contributed by atoms with van der Waals surface area (Å²) in [5.74, 6) is 0. The molecule has 1 atom stereocenters. The van der Waals surface area contributed by atoms with Crippen LogP contribution in [-0.2, 0) is 22.6 Å². The lowest BCUT2D eigenvalue weighted by Gasteiger charge is -2.38. The maximum absolute atomic E-state index is 6.22. The van der Waals surface area contributed by atoms with E-state index in [9.17, 15) is 0 Å². The maximum Gasteiger partial charge on any atom is 0.0892 e. The van der Waals surface area contributed by atoms with Crippen LogP contribution in [0.3, 0.4) is 0 Å². The number of hydrogen-bond donors (Lipinski definition) is 0. The molecule has 2 aliphatic heterocycles. The van der Waals surface area contributed by atoms with Crippen molar-refractivity contribution in [3.63, 3.8) is 0 Å². The Morgan fingerprint density at radius 2 is 2.12 bits per heavy atom. The first-order valence-electron chi connectivity index (χ1n) is 9.50. The fourth-order valence-electron chi connectivity index (χ4n) is 4.01. The first-order valence-corrected chi connectivity index (χ1v) is 9.50. The monoisotopic (exact) mass is 353 g/mol. The van der Waals surface area contributed by atoms with Gasteiger partial charge in [0.1, 0.15) is 0 Å². The zero-order valence-electron chi connectivity index (χ0n) is 15.4. The quantitative estimate of drug-likeness (QED) is 0.826. The smallest absolute Gasteiger partial charge is 0.0892 e. The number of piperidine rings is 1. The van der Waals surface area contributed by atoms with Crippen LogP contribution in [0.1, 0.15) is 36.2 Å². The fraction of sp³-hybridized carbons (Fsp3) is 0.524. The van der Waals surface area contributed by atoms with Gasteiger partial charge in [-0.3, -0.25) is 14.9 Å². The first kappa shape index (κ1) is 17.6. The normalized spacial score (nSPS) is 22.7. The summed E-state index contributed by atoms with van der Waals surface area (Å²) < 4.78 is 12.3. The number of nitrogens with zero attached hydrogens (tertiary/aromatic N) is 3. The Morgan fingerprint density at radius 1 is 1.23 bits per heavy atom. The average molecular weight is 353 g/mol. The Hall–Kier alpha value is -1.82. The maximum atomic E-state index is 6.22. The Kier molecular flexibility index (Phi) is 5.29. The lowest BCUT2D eigenvalue weighted by molar-refractivity contribution is -0.0468.